The van der Waals surface area contributed by atoms with Gasteiger partial charge in [-0.25, -0.2) is 14.8 Å². The molecule has 1 fully saturated rings. The predicted molar refractivity (Wildman–Crippen MR) is 84.0 cm³/mol. The molecule has 126 valence electrons. The number of carbonyl (C=O) groups excluding carboxylic acids is 1. The number of aryl methyl sites for hydroxylation is 1. The maximum absolute atomic E-state index is 12.1. The van der Waals surface area contributed by atoms with E-state index >= 15 is 0 Å². The minimum absolute atomic E-state index is 0.0488. The number of nitrogens with one attached hydrogen (secondary N) is 1. The van der Waals surface area contributed by atoms with E-state index in [0.29, 0.717) is 32.8 Å². The van der Waals surface area contributed by atoms with Crippen LogP contribution in [0.2, 0.25) is 0 Å². The molecule has 3 heterocycles. The van der Waals surface area contributed by atoms with Gasteiger partial charge in [-0.2, -0.15) is 0 Å². The molecule has 1 saturated heterocycles. The first-order chi connectivity index (χ1) is 11.2. The van der Waals surface area contributed by atoms with Crippen LogP contribution in [0.5, 0.6) is 0 Å². The first-order valence-corrected chi connectivity index (χ1v) is 8.19. The van der Waals surface area contributed by atoms with Crippen LogP contribution in [0.15, 0.2) is 6.20 Å². The van der Waals surface area contributed by atoms with Crippen LogP contribution < -0.4 is 5.32 Å². The number of amides is 2. The van der Waals surface area contributed by atoms with Crippen LogP contribution in [-0.4, -0.2) is 54.2 Å². The van der Waals surface area contributed by atoms with Crippen LogP contribution in [0.4, 0.5) is 4.79 Å². The number of hydrogen-bond donors (Lipinski definition) is 1. The lowest BCUT2D eigenvalue weighted by Crippen LogP contribution is -2.63. The van der Waals surface area contributed by atoms with Crippen molar-refractivity contribution < 1.29 is 14.3 Å². The van der Waals surface area contributed by atoms with E-state index in [-0.39, 0.29) is 6.03 Å². The van der Waals surface area contributed by atoms with Gasteiger partial charge in [-0.3, -0.25) is 0 Å². The third-order valence-electron chi connectivity index (χ3n) is 4.35. The Morgan fingerprint density at radius 1 is 1.52 bits per heavy atom. The number of ether oxygens (including phenoxy) is 2. The molecule has 2 aliphatic rings. The molecule has 1 aromatic rings. The second-order valence-corrected chi connectivity index (χ2v) is 6.11. The van der Waals surface area contributed by atoms with Crippen LogP contribution in [0.1, 0.15) is 36.8 Å². The van der Waals surface area contributed by atoms with Crippen molar-refractivity contribution >= 4 is 6.03 Å². The number of nitrogens with zero attached hydrogens (tertiary/aromatic N) is 3. The second kappa shape index (κ2) is 6.80. The Balaban J connectivity index is 1.56. The monoisotopic (exact) mass is 320 g/mol. The molecular weight excluding hydrogens is 296 g/mol. The molecule has 0 atom stereocenters. The number of methoxy groups -OCH3 is 1. The van der Waals surface area contributed by atoms with E-state index in [1.54, 1.807) is 12.0 Å². The SMILES string of the molecule is CCCc1ncc2c(n1)COC21CN(C(=O)NCCCOC)C1. The van der Waals surface area contributed by atoms with E-state index in [2.05, 4.69) is 22.2 Å². The Bertz CT molecular complexity index is 572. The third-order valence-corrected chi connectivity index (χ3v) is 4.35. The van der Waals surface area contributed by atoms with Crippen molar-refractivity contribution in [3.63, 3.8) is 0 Å². The van der Waals surface area contributed by atoms with Crippen molar-refractivity contribution in [3.05, 3.63) is 23.3 Å². The first kappa shape index (κ1) is 16.1. The van der Waals surface area contributed by atoms with Gasteiger partial charge in [0.1, 0.15) is 11.4 Å². The van der Waals surface area contributed by atoms with Crippen molar-refractivity contribution in [2.45, 2.75) is 38.4 Å². The van der Waals surface area contributed by atoms with Gasteiger partial charge >= 0.3 is 6.03 Å². The fourth-order valence-corrected chi connectivity index (χ4v) is 3.08. The van der Waals surface area contributed by atoms with Gasteiger partial charge in [-0.05, 0) is 12.8 Å². The Morgan fingerprint density at radius 2 is 2.35 bits per heavy atom. The molecule has 3 rings (SSSR count). The van der Waals surface area contributed by atoms with Gasteiger partial charge in [-0.15, -0.1) is 0 Å². The van der Waals surface area contributed by atoms with Gasteiger partial charge in [0.05, 0.1) is 25.4 Å². The molecule has 0 unspecified atom stereocenters. The highest BCUT2D eigenvalue weighted by Crippen LogP contribution is 2.42. The lowest BCUT2D eigenvalue weighted by Gasteiger charge is -2.46. The van der Waals surface area contributed by atoms with Gasteiger partial charge < -0.3 is 19.7 Å². The molecule has 2 amide bonds. The highest BCUT2D eigenvalue weighted by atomic mass is 16.5. The molecule has 1 spiro atoms. The second-order valence-electron chi connectivity index (χ2n) is 6.11. The summed E-state index contributed by atoms with van der Waals surface area (Å²) >= 11 is 0. The van der Waals surface area contributed by atoms with Crippen molar-refractivity contribution in [2.24, 2.45) is 0 Å². The molecule has 7 nitrogen and oxygen atoms in total. The number of rotatable bonds is 6. The summed E-state index contributed by atoms with van der Waals surface area (Å²) in [7, 11) is 1.66. The van der Waals surface area contributed by atoms with Crippen LogP contribution in [-0.2, 0) is 28.1 Å². The molecule has 0 bridgehead atoms. The zero-order valence-electron chi connectivity index (χ0n) is 13.8. The van der Waals surface area contributed by atoms with Crippen LogP contribution >= 0.6 is 0 Å². The summed E-state index contributed by atoms with van der Waals surface area (Å²) in [5.41, 5.74) is 1.62. The summed E-state index contributed by atoms with van der Waals surface area (Å²) in [4.78, 5) is 22.9. The van der Waals surface area contributed by atoms with E-state index in [4.69, 9.17) is 9.47 Å². The molecule has 0 aliphatic carbocycles. The normalized spacial score (nSPS) is 17.9. The number of aromatic nitrogens is 2. The minimum atomic E-state index is -0.399. The predicted octanol–water partition coefficient (Wildman–Crippen LogP) is 1.22. The van der Waals surface area contributed by atoms with Crippen LogP contribution in [0.25, 0.3) is 0 Å². The molecule has 1 N–H and O–H groups in total. The quantitative estimate of drug-likeness (QED) is 0.798. The molecule has 0 aromatic carbocycles. The summed E-state index contributed by atoms with van der Waals surface area (Å²) in [6, 6.07) is -0.0488. The van der Waals surface area contributed by atoms with E-state index < -0.39 is 5.60 Å². The number of urea groups is 1. The molecule has 2 aliphatic heterocycles. The smallest absolute Gasteiger partial charge is 0.317 e. The summed E-state index contributed by atoms with van der Waals surface area (Å²) in [5, 5.41) is 2.90. The number of fused-ring (bicyclic) bond motifs is 2. The lowest BCUT2D eigenvalue weighted by molar-refractivity contribution is -0.124. The van der Waals surface area contributed by atoms with Gasteiger partial charge in [0.25, 0.3) is 0 Å². The molecule has 23 heavy (non-hydrogen) atoms. The largest absolute Gasteiger partial charge is 0.385 e. The molecule has 1 aromatic heterocycles. The van der Waals surface area contributed by atoms with Gasteiger partial charge in [0.15, 0.2) is 0 Å². The highest BCUT2D eigenvalue weighted by molar-refractivity contribution is 5.75. The standard InChI is InChI=1S/C16H24N4O3/c1-3-5-14-18-8-12-13(19-14)9-23-16(12)10-20(11-16)15(21)17-6-4-7-22-2/h8H,3-7,9-11H2,1-2H3,(H,17,21). The summed E-state index contributed by atoms with van der Waals surface area (Å²) in [5.74, 6) is 0.874. The molecule has 0 saturated carbocycles. The lowest BCUT2D eigenvalue weighted by atomic mass is 9.88. The Hall–Kier alpha value is -1.73. The van der Waals surface area contributed by atoms with Crippen molar-refractivity contribution in [1.82, 2.24) is 20.2 Å². The third kappa shape index (κ3) is 3.16. The maximum atomic E-state index is 12.1. The Morgan fingerprint density at radius 3 is 3.09 bits per heavy atom. The van der Waals surface area contributed by atoms with Crippen LogP contribution in [0.3, 0.4) is 0 Å². The molecular formula is C16H24N4O3. The summed E-state index contributed by atoms with van der Waals surface area (Å²) < 4.78 is 10.9. The van der Waals surface area contributed by atoms with E-state index in [1.165, 1.54) is 0 Å². The number of hydrogen-bond acceptors (Lipinski definition) is 5. The Labute approximate surface area is 136 Å². The van der Waals surface area contributed by atoms with Gasteiger partial charge in [0.2, 0.25) is 0 Å². The van der Waals surface area contributed by atoms with Crippen molar-refractivity contribution in [1.29, 1.82) is 0 Å². The summed E-state index contributed by atoms with van der Waals surface area (Å²) in [6.07, 6.45) is 4.61. The average molecular weight is 320 g/mol. The topological polar surface area (TPSA) is 76.6 Å². The molecule has 7 heteroatoms. The zero-order chi connectivity index (χ0) is 16.3. The fraction of sp³-hybridized carbons (Fsp3) is 0.688. The van der Waals surface area contributed by atoms with E-state index in [9.17, 15) is 4.79 Å². The average Bonchev–Trinajstić information content (AvgIpc) is 2.89. The van der Waals surface area contributed by atoms with E-state index in [0.717, 1.165) is 36.3 Å². The van der Waals surface area contributed by atoms with Crippen LogP contribution in [0, 0.1) is 0 Å². The van der Waals surface area contributed by atoms with E-state index in [1.807, 2.05) is 6.20 Å². The summed E-state index contributed by atoms with van der Waals surface area (Å²) in [6.45, 7) is 5.02. The number of likely N-dealkylation sites (tertiary alicyclic amines) is 1. The fourth-order valence-electron chi connectivity index (χ4n) is 3.08. The zero-order valence-corrected chi connectivity index (χ0v) is 13.8. The first-order valence-electron chi connectivity index (χ1n) is 8.19. The van der Waals surface area contributed by atoms with Gasteiger partial charge in [-0.1, -0.05) is 6.92 Å². The molecule has 0 radical (unpaired) electrons. The highest BCUT2D eigenvalue weighted by Gasteiger charge is 2.52. The number of carbonyl (C=O) groups is 1. The minimum Gasteiger partial charge on any atom is -0.385 e. The van der Waals surface area contributed by atoms with Gasteiger partial charge in [0, 0.05) is 38.4 Å². The van der Waals surface area contributed by atoms with Crippen molar-refractivity contribution in [3.8, 4) is 0 Å². The maximum Gasteiger partial charge on any atom is 0.317 e. The Kier molecular flexibility index (Phi) is 4.77. The van der Waals surface area contributed by atoms with Crippen molar-refractivity contribution in [2.75, 3.05) is 33.4 Å².